The van der Waals surface area contributed by atoms with Gasteiger partial charge in [-0.2, -0.15) is 0 Å². The molecule has 3 aromatic rings. The first-order valence-corrected chi connectivity index (χ1v) is 11.1. The number of phenols is 1. The topological polar surface area (TPSA) is 87.1 Å². The number of methoxy groups -OCH3 is 1. The van der Waals surface area contributed by atoms with Crippen molar-refractivity contribution in [1.29, 1.82) is 0 Å². The van der Waals surface area contributed by atoms with E-state index in [0.717, 1.165) is 10.0 Å². The van der Waals surface area contributed by atoms with Crippen molar-refractivity contribution in [2.45, 2.75) is 13.0 Å². The Kier molecular flexibility index (Phi) is 6.19. The summed E-state index contributed by atoms with van der Waals surface area (Å²) in [5.41, 5.74) is 1.97. The summed E-state index contributed by atoms with van der Waals surface area (Å²) in [4.78, 5) is 27.7. The number of benzene rings is 3. The number of Topliss-reactive ketones (excluding diaryl/α,β-unsaturated/α-hetero) is 1. The van der Waals surface area contributed by atoms with E-state index in [1.807, 2.05) is 6.92 Å². The summed E-state index contributed by atoms with van der Waals surface area (Å²) in [6.45, 7) is 1.85. The summed E-state index contributed by atoms with van der Waals surface area (Å²) in [7, 11) is 1.47. The number of halogens is 2. The van der Waals surface area contributed by atoms with Crippen molar-refractivity contribution in [2.75, 3.05) is 12.0 Å². The number of ketones is 1. The van der Waals surface area contributed by atoms with E-state index >= 15 is 0 Å². The average Bonchev–Trinajstić information content (AvgIpc) is 3.05. The molecule has 2 N–H and O–H groups in total. The predicted molar refractivity (Wildman–Crippen MR) is 130 cm³/mol. The summed E-state index contributed by atoms with van der Waals surface area (Å²) < 4.78 is 6.03. The van der Waals surface area contributed by atoms with E-state index in [1.165, 1.54) is 30.2 Å². The standard InChI is InChI=1S/C25H19BrClNO5/c1-13-10-15(6-8-18(13)26)23(30)21-22(14-4-3-5-17(29)11-14)28(25(32)24(21)31)16-7-9-20(33-2)19(27)12-16/h3-12,22,29-30H,1-2H3/b23-21+. The molecule has 1 atom stereocenters. The van der Waals surface area contributed by atoms with Crippen LogP contribution in [0.15, 0.2) is 70.7 Å². The van der Waals surface area contributed by atoms with Gasteiger partial charge in [0.15, 0.2) is 0 Å². The number of aliphatic hydroxyl groups is 1. The van der Waals surface area contributed by atoms with E-state index in [9.17, 15) is 19.8 Å². The van der Waals surface area contributed by atoms with Gasteiger partial charge in [0.1, 0.15) is 17.3 Å². The third kappa shape index (κ3) is 4.10. The predicted octanol–water partition coefficient (Wildman–Crippen LogP) is 5.75. The van der Waals surface area contributed by atoms with Gasteiger partial charge in [-0.15, -0.1) is 0 Å². The monoisotopic (exact) mass is 527 g/mol. The molecule has 0 spiro atoms. The average molecular weight is 529 g/mol. The summed E-state index contributed by atoms with van der Waals surface area (Å²) >= 11 is 9.71. The molecule has 3 aromatic carbocycles. The Balaban J connectivity index is 1.96. The SMILES string of the molecule is COc1ccc(N2C(=O)C(=O)/C(=C(/O)c3ccc(Br)c(C)c3)C2c2cccc(O)c2)cc1Cl. The summed E-state index contributed by atoms with van der Waals surface area (Å²) in [5, 5.41) is 21.5. The zero-order valence-electron chi connectivity index (χ0n) is 17.7. The maximum absolute atomic E-state index is 13.2. The lowest BCUT2D eigenvalue weighted by Gasteiger charge is -2.26. The molecule has 1 saturated heterocycles. The second-order valence-corrected chi connectivity index (χ2v) is 8.81. The second-order valence-electron chi connectivity index (χ2n) is 7.55. The Labute approximate surface area is 203 Å². The number of aryl methyl sites for hydroxylation is 1. The van der Waals surface area contributed by atoms with Crippen LogP contribution in [0.2, 0.25) is 5.02 Å². The third-order valence-corrected chi connectivity index (χ3v) is 6.66. The highest BCUT2D eigenvalue weighted by Crippen LogP contribution is 2.44. The lowest BCUT2D eigenvalue weighted by molar-refractivity contribution is -0.132. The number of carbonyl (C=O) groups excluding carboxylic acids is 2. The fourth-order valence-electron chi connectivity index (χ4n) is 3.86. The fourth-order valence-corrected chi connectivity index (χ4v) is 4.36. The second kappa shape index (κ2) is 8.92. The first-order valence-electron chi connectivity index (χ1n) is 9.93. The third-order valence-electron chi connectivity index (χ3n) is 5.48. The molecule has 1 heterocycles. The van der Waals surface area contributed by atoms with E-state index in [0.29, 0.717) is 22.6 Å². The van der Waals surface area contributed by atoms with Crippen LogP contribution in [0.4, 0.5) is 5.69 Å². The van der Waals surface area contributed by atoms with Gasteiger partial charge in [0.25, 0.3) is 11.7 Å². The van der Waals surface area contributed by atoms with E-state index in [2.05, 4.69) is 15.9 Å². The van der Waals surface area contributed by atoms with E-state index in [4.69, 9.17) is 16.3 Å². The number of anilines is 1. The lowest BCUT2D eigenvalue weighted by Crippen LogP contribution is -2.29. The van der Waals surface area contributed by atoms with Gasteiger partial charge in [-0.25, -0.2) is 0 Å². The zero-order valence-corrected chi connectivity index (χ0v) is 20.0. The smallest absolute Gasteiger partial charge is 0.300 e. The molecule has 1 fully saturated rings. The molecule has 1 unspecified atom stereocenters. The molecule has 8 heteroatoms. The van der Waals surface area contributed by atoms with E-state index in [-0.39, 0.29) is 22.1 Å². The maximum Gasteiger partial charge on any atom is 0.300 e. The highest BCUT2D eigenvalue weighted by molar-refractivity contribution is 9.10. The normalized spacial score (nSPS) is 17.5. The van der Waals surface area contributed by atoms with Crippen molar-refractivity contribution in [3.63, 3.8) is 0 Å². The van der Waals surface area contributed by atoms with Crippen LogP contribution >= 0.6 is 27.5 Å². The number of amides is 1. The van der Waals surface area contributed by atoms with Gasteiger partial charge < -0.3 is 14.9 Å². The fraction of sp³-hybridized carbons (Fsp3) is 0.120. The molecule has 4 rings (SSSR count). The van der Waals surface area contributed by atoms with Crippen LogP contribution in [-0.4, -0.2) is 29.0 Å². The van der Waals surface area contributed by atoms with Crippen molar-refractivity contribution < 1.29 is 24.5 Å². The molecule has 1 aliphatic heterocycles. The molecule has 0 saturated carbocycles. The van der Waals surface area contributed by atoms with Crippen molar-refractivity contribution in [1.82, 2.24) is 0 Å². The molecule has 1 amide bonds. The lowest BCUT2D eigenvalue weighted by atomic mass is 9.94. The summed E-state index contributed by atoms with van der Waals surface area (Å²) in [5.74, 6) is -1.59. The van der Waals surface area contributed by atoms with E-state index in [1.54, 1.807) is 42.5 Å². The Bertz CT molecular complexity index is 1320. The van der Waals surface area contributed by atoms with Crippen molar-refractivity contribution >= 4 is 50.7 Å². The molecule has 0 radical (unpaired) electrons. The molecule has 0 bridgehead atoms. The van der Waals surface area contributed by atoms with Crippen molar-refractivity contribution in [3.8, 4) is 11.5 Å². The minimum Gasteiger partial charge on any atom is -0.508 e. The van der Waals surface area contributed by atoms with Crippen LogP contribution in [-0.2, 0) is 9.59 Å². The molecule has 1 aliphatic rings. The number of aliphatic hydroxyl groups excluding tert-OH is 1. The number of carbonyl (C=O) groups is 2. The minimum atomic E-state index is -0.981. The van der Waals surface area contributed by atoms with E-state index < -0.39 is 17.7 Å². The van der Waals surface area contributed by atoms with Crippen molar-refractivity contribution in [2.24, 2.45) is 0 Å². The number of nitrogens with zero attached hydrogens (tertiary/aromatic N) is 1. The summed E-state index contributed by atoms with van der Waals surface area (Å²) in [6.07, 6.45) is 0. The van der Waals surface area contributed by atoms with Crippen LogP contribution in [0.3, 0.4) is 0 Å². The van der Waals surface area contributed by atoms with Gasteiger partial charge in [0.2, 0.25) is 0 Å². The van der Waals surface area contributed by atoms with Crippen molar-refractivity contribution in [3.05, 3.63) is 92.4 Å². The number of hydrogen-bond donors (Lipinski definition) is 2. The first-order chi connectivity index (χ1) is 15.7. The molecule has 0 aromatic heterocycles. The van der Waals surface area contributed by atoms with Crippen LogP contribution < -0.4 is 9.64 Å². The van der Waals surface area contributed by atoms with Gasteiger partial charge in [0, 0.05) is 15.7 Å². The largest absolute Gasteiger partial charge is 0.508 e. The van der Waals surface area contributed by atoms with Gasteiger partial charge in [0.05, 0.1) is 23.7 Å². The van der Waals surface area contributed by atoms with Crippen LogP contribution in [0.1, 0.15) is 22.7 Å². The highest BCUT2D eigenvalue weighted by Gasteiger charge is 2.47. The summed E-state index contributed by atoms with van der Waals surface area (Å²) in [6, 6.07) is 15.1. The van der Waals surface area contributed by atoms with Gasteiger partial charge in [-0.1, -0.05) is 45.7 Å². The number of rotatable bonds is 4. The molecule has 6 nitrogen and oxygen atoms in total. The highest BCUT2D eigenvalue weighted by atomic mass is 79.9. The molecular weight excluding hydrogens is 510 g/mol. The zero-order chi connectivity index (χ0) is 23.9. The number of phenolic OH excluding ortho intramolecular Hbond substituents is 1. The Morgan fingerprint density at radius 2 is 1.85 bits per heavy atom. The van der Waals surface area contributed by atoms with Gasteiger partial charge >= 0.3 is 0 Å². The molecule has 0 aliphatic carbocycles. The van der Waals surface area contributed by atoms with Crippen LogP contribution in [0.5, 0.6) is 11.5 Å². The van der Waals surface area contributed by atoms with Gasteiger partial charge in [-0.3, -0.25) is 14.5 Å². The maximum atomic E-state index is 13.2. The minimum absolute atomic E-state index is 0.0367. The number of aromatic hydroxyl groups is 1. The van der Waals surface area contributed by atoms with Gasteiger partial charge in [-0.05, 0) is 60.5 Å². The molecule has 33 heavy (non-hydrogen) atoms. The van der Waals surface area contributed by atoms with Crippen LogP contribution in [0.25, 0.3) is 5.76 Å². The first kappa shape index (κ1) is 22.9. The van der Waals surface area contributed by atoms with Crippen LogP contribution in [0, 0.1) is 6.92 Å². The number of hydrogen-bond acceptors (Lipinski definition) is 5. The molecular formula is C25H19BrClNO5. The Morgan fingerprint density at radius 1 is 1.09 bits per heavy atom. The Hall–Kier alpha value is -3.29. The molecule has 168 valence electrons. The number of ether oxygens (including phenoxy) is 1. The Morgan fingerprint density at radius 3 is 2.48 bits per heavy atom. The quantitative estimate of drug-likeness (QED) is 0.256.